The lowest BCUT2D eigenvalue weighted by atomic mass is 9.88. The zero-order chi connectivity index (χ0) is 25.4. The maximum atomic E-state index is 14.0. The third-order valence-corrected chi connectivity index (χ3v) is 6.14. The van der Waals surface area contributed by atoms with Gasteiger partial charge < -0.3 is 10.2 Å². The minimum atomic E-state index is -0.546. The normalized spacial score (nSPS) is 12.3. The van der Waals surface area contributed by atoms with E-state index in [1.165, 1.54) is 0 Å². The Kier molecular flexibility index (Phi) is 8.86. The van der Waals surface area contributed by atoms with Gasteiger partial charge in [0.1, 0.15) is 6.04 Å². The maximum absolute atomic E-state index is 14.0. The van der Waals surface area contributed by atoms with Crippen molar-refractivity contribution in [1.82, 2.24) is 10.2 Å². The van der Waals surface area contributed by atoms with E-state index < -0.39 is 6.04 Å². The summed E-state index contributed by atoms with van der Waals surface area (Å²) in [5.41, 5.74) is 3.99. The van der Waals surface area contributed by atoms with Crippen LogP contribution >= 0.6 is 0 Å². The molecule has 0 aliphatic heterocycles. The van der Waals surface area contributed by atoms with E-state index in [9.17, 15) is 9.59 Å². The molecule has 4 heteroatoms. The van der Waals surface area contributed by atoms with E-state index in [2.05, 4.69) is 29.6 Å². The Bertz CT molecular complexity index is 1050. The first-order valence-corrected chi connectivity index (χ1v) is 12.4. The summed E-state index contributed by atoms with van der Waals surface area (Å²) < 4.78 is 0. The van der Waals surface area contributed by atoms with E-state index in [-0.39, 0.29) is 23.3 Å². The standard InChI is InChI=1S/C31H38N2O2/c1-6-28(30(35)32-31(3,4)5)33(22-24-19-17-23(2)18-20-24)29(34)21-27(25-13-9-7-10-14-25)26-15-11-8-12-16-26/h7-20,27-28H,6,21-22H2,1-5H3,(H,32,35)/t28-/m1/s1. The van der Waals surface area contributed by atoms with E-state index in [4.69, 9.17) is 0 Å². The molecule has 0 radical (unpaired) electrons. The summed E-state index contributed by atoms with van der Waals surface area (Å²) in [5.74, 6) is -0.232. The van der Waals surface area contributed by atoms with Crippen LogP contribution in [0.5, 0.6) is 0 Å². The van der Waals surface area contributed by atoms with Crippen LogP contribution < -0.4 is 5.32 Å². The number of aryl methyl sites for hydroxylation is 1. The zero-order valence-corrected chi connectivity index (χ0v) is 21.6. The van der Waals surface area contributed by atoms with Crippen LogP contribution in [-0.4, -0.2) is 28.3 Å². The van der Waals surface area contributed by atoms with Crippen LogP contribution in [0.2, 0.25) is 0 Å². The molecule has 0 aliphatic rings. The fourth-order valence-corrected chi connectivity index (χ4v) is 4.35. The van der Waals surface area contributed by atoms with Gasteiger partial charge >= 0.3 is 0 Å². The van der Waals surface area contributed by atoms with E-state index in [1.54, 1.807) is 4.90 Å². The topological polar surface area (TPSA) is 49.4 Å². The average molecular weight is 471 g/mol. The number of amides is 2. The lowest BCUT2D eigenvalue weighted by Gasteiger charge is -2.34. The molecule has 1 atom stereocenters. The molecule has 0 unspecified atom stereocenters. The van der Waals surface area contributed by atoms with Gasteiger partial charge in [0.05, 0.1) is 0 Å². The number of benzene rings is 3. The molecule has 0 saturated heterocycles. The van der Waals surface area contributed by atoms with Crippen LogP contribution in [0.15, 0.2) is 84.9 Å². The second kappa shape index (κ2) is 11.8. The van der Waals surface area contributed by atoms with Gasteiger partial charge in [0.25, 0.3) is 0 Å². The lowest BCUT2D eigenvalue weighted by molar-refractivity contribution is -0.142. The van der Waals surface area contributed by atoms with Crippen molar-refractivity contribution in [2.75, 3.05) is 0 Å². The number of nitrogens with one attached hydrogen (secondary N) is 1. The molecular formula is C31H38N2O2. The minimum absolute atomic E-state index is 0.0285. The molecule has 0 aromatic heterocycles. The molecule has 3 rings (SSSR count). The molecule has 4 nitrogen and oxygen atoms in total. The molecule has 0 bridgehead atoms. The van der Waals surface area contributed by atoms with Crippen LogP contribution in [0.4, 0.5) is 0 Å². The molecule has 2 amide bonds. The molecule has 3 aromatic carbocycles. The summed E-state index contributed by atoms with van der Waals surface area (Å²) in [4.78, 5) is 29.1. The van der Waals surface area contributed by atoms with E-state index in [1.807, 2.05) is 95.3 Å². The number of nitrogens with zero attached hydrogens (tertiary/aromatic N) is 1. The Balaban J connectivity index is 1.96. The molecule has 3 aromatic rings. The van der Waals surface area contributed by atoms with Crippen molar-refractivity contribution in [2.45, 2.75) is 71.5 Å². The predicted octanol–water partition coefficient (Wildman–Crippen LogP) is 6.24. The highest BCUT2D eigenvalue weighted by Gasteiger charge is 2.32. The van der Waals surface area contributed by atoms with Gasteiger partial charge in [-0.05, 0) is 50.8 Å². The average Bonchev–Trinajstić information content (AvgIpc) is 2.83. The second-order valence-corrected chi connectivity index (χ2v) is 10.2. The Morgan fingerprint density at radius 2 is 1.34 bits per heavy atom. The fourth-order valence-electron chi connectivity index (χ4n) is 4.35. The van der Waals surface area contributed by atoms with Gasteiger partial charge in [-0.15, -0.1) is 0 Å². The summed E-state index contributed by atoms with van der Waals surface area (Å²) >= 11 is 0. The predicted molar refractivity (Wildman–Crippen MR) is 143 cm³/mol. The fraction of sp³-hybridized carbons (Fsp3) is 0.355. The van der Waals surface area contributed by atoms with Crippen molar-refractivity contribution in [3.8, 4) is 0 Å². The SMILES string of the molecule is CC[C@H](C(=O)NC(C)(C)C)N(Cc1ccc(C)cc1)C(=O)CC(c1ccccc1)c1ccccc1. The van der Waals surface area contributed by atoms with Gasteiger partial charge in [0.2, 0.25) is 11.8 Å². The summed E-state index contributed by atoms with van der Waals surface area (Å²) in [6, 6.07) is 27.9. The van der Waals surface area contributed by atoms with Crippen LogP contribution in [0.25, 0.3) is 0 Å². The van der Waals surface area contributed by atoms with Crippen molar-refractivity contribution in [3.05, 3.63) is 107 Å². The van der Waals surface area contributed by atoms with Crippen molar-refractivity contribution >= 4 is 11.8 Å². The number of hydrogen-bond acceptors (Lipinski definition) is 2. The van der Waals surface area contributed by atoms with Crippen molar-refractivity contribution in [1.29, 1.82) is 0 Å². The zero-order valence-electron chi connectivity index (χ0n) is 21.6. The minimum Gasteiger partial charge on any atom is -0.350 e. The molecule has 0 heterocycles. The van der Waals surface area contributed by atoms with Crippen LogP contribution in [-0.2, 0) is 16.1 Å². The van der Waals surface area contributed by atoms with Gasteiger partial charge in [-0.2, -0.15) is 0 Å². The van der Waals surface area contributed by atoms with Crippen molar-refractivity contribution in [2.24, 2.45) is 0 Å². The van der Waals surface area contributed by atoms with E-state index in [0.29, 0.717) is 19.4 Å². The van der Waals surface area contributed by atoms with Crippen LogP contribution in [0.1, 0.15) is 68.7 Å². The van der Waals surface area contributed by atoms with Gasteiger partial charge in [0.15, 0.2) is 0 Å². The monoisotopic (exact) mass is 470 g/mol. The largest absolute Gasteiger partial charge is 0.350 e. The third kappa shape index (κ3) is 7.54. The first kappa shape index (κ1) is 26.2. The molecule has 0 spiro atoms. The highest BCUT2D eigenvalue weighted by molar-refractivity contribution is 5.88. The molecule has 0 saturated carbocycles. The summed E-state index contributed by atoms with van der Waals surface area (Å²) in [6.45, 7) is 10.3. The first-order valence-electron chi connectivity index (χ1n) is 12.4. The van der Waals surface area contributed by atoms with Crippen LogP contribution in [0.3, 0.4) is 0 Å². The molecule has 0 aliphatic carbocycles. The van der Waals surface area contributed by atoms with Crippen LogP contribution in [0, 0.1) is 6.92 Å². The maximum Gasteiger partial charge on any atom is 0.243 e. The number of carbonyl (C=O) groups excluding carboxylic acids is 2. The molecular weight excluding hydrogens is 432 g/mol. The Morgan fingerprint density at radius 1 is 0.829 bits per heavy atom. The summed E-state index contributed by atoms with van der Waals surface area (Å²) in [5, 5.41) is 3.08. The van der Waals surface area contributed by atoms with Gasteiger partial charge in [0, 0.05) is 24.4 Å². The molecule has 35 heavy (non-hydrogen) atoms. The lowest BCUT2D eigenvalue weighted by Crippen LogP contribution is -2.53. The summed E-state index contributed by atoms with van der Waals surface area (Å²) in [7, 11) is 0. The Hall–Kier alpha value is -3.40. The highest BCUT2D eigenvalue weighted by atomic mass is 16.2. The third-order valence-electron chi connectivity index (χ3n) is 6.14. The van der Waals surface area contributed by atoms with Crippen molar-refractivity contribution in [3.63, 3.8) is 0 Å². The smallest absolute Gasteiger partial charge is 0.243 e. The van der Waals surface area contributed by atoms with E-state index in [0.717, 1.165) is 22.3 Å². The van der Waals surface area contributed by atoms with Gasteiger partial charge in [-0.3, -0.25) is 9.59 Å². The number of carbonyl (C=O) groups is 2. The second-order valence-electron chi connectivity index (χ2n) is 10.2. The molecule has 0 fully saturated rings. The highest BCUT2D eigenvalue weighted by Crippen LogP contribution is 2.29. The quantitative estimate of drug-likeness (QED) is 0.402. The van der Waals surface area contributed by atoms with E-state index >= 15 is 0 Å². The van der Waals surface area contributed by atoms with Crippen molar-refractivity contribution < 1.29 is 9.59 Å². The van der Waals surface area contributed by atoms with Gasteiger partial charge in [-0.1, -0.05) is 97.4 Å². The molecule has 184 valence electrons. The number of hydrogen-bond donors (Lipinski definition) is 1. The Morgan fingerprint density at radius 3 is 1.80 bits per heavy atom. The Labute approximate surface area is 210 Å². The number of rotatable bonds is 9. The first-order chi connectivity index (χ1) is 16.7. The molecule has 1 N–H and O–H groups in total. The summed E-state index contributed by atoms with van der Waals surface area (Å²) in [6.07, 6.45) is 0.833. The van der Waals surface area contributed by atoms with Gasteiger partial charge in [-0.25, -0.2) is 0 Å².